The first-order valence-corrected chi connectivity index (χ1v) is 6.16. The first-order valence-electron chi connectivity index (χ1n) is 6.16. The predicted molar refractivity (Wildman–Crippen MR) is 68.8 cm³/mol. The Morgan fingerprint density at radius 3 is 2.47 bits per heavy atom. The van der Waals surface area contributed by atoms with E-state index < -0.39 is 0 Å². The summed E-state index contributed by atoms with van der Waals surface area (Å²) in [5.41, 5.74) is 1.16. The molecule has 0 heterocycles. The summed E-state index contributed by atoms with van der Waals surface area (Å²) in [4.78, 5) is 0. The molecule has 2 atom stereocenters. The van der Waals surface area contributed by atoms with Crippen LogP contribution in [-0.2, 0) is 4.74 Å². The highest BCUT2D eigenvalue weighted by Gasteiger charge is 2.14. The first-order chi connectivity index (χ1) is 8.17. The average Bonchev–Trinajstić information content (AvgIpc) is 2.35. The van der Waals surface area contributed by atoms with Crippen LogP contribution in [0.2, 0.25) is 0 Å². The minimum atomic E-state index is -0.184. The van der Waals surface area contributed by atoms with E-state index in [2.05, 4.69) is 19.2 Å². The number of ether oxygens (including phenoxy) is 1. The molecule has 1 aromatic carbocycles. The van der Waals surface area contributed by atoms with Gasteiger partial charge in [-0.25, -0.2) is 4.39 Å². The monoisotopic (exact) mass is 239 g/mol. The second-order valence-corrected chi connectivity index (χ2v) is 4.34. The minimum absolute atomic E-state index is 0.184. The van der Waals surface area contributed by atoms with Crippen molar-refractivity contribution in [2.45, 2.75) is 32.3 Å². The molecule has 2 unspecified atom stereocenters. The van der Waals surface area contributed by atoms with Crippen LogP contribution in [0, 0.1) is 5.82 Å². The summed E-state index contributed by atoms with van der Waals surface area (Å²) in [5, 5.41) is 3.34. The van der Waals surface area contributed by atoms with Crippen LogP contribution in [0.4, 0.5) is 4.39 Å². The van der Waals surface area contributed by atoms with Crippen LogP contribution in [0.15, 0.2) is 24.3 Å². The van der Waals surface area contributed by atoms with Gasteiger partial charge < -0.3 is 10.1 Å². The van der Waals surface area contributed by atoms with Crippen molar-refractivity contribution in [1.29, 1.82) is 0 Å². The molecule has 0 spiro atoms. The molecule has 1 rings (SSSR count). The van der Waals surface area contributed by atoms with E-state index in [-0.39, 0.29) is 11.9 Å². The first kappa shape index (κ1) is 14.1. The third-order valence-electron chi connectivity index (χ3n) is 3.00. The van der Waals surface area contributed by atoms with Gasteiger partial charge in [0.2, 0.25) is 0 Å². The van der Waals surface area contributed by atoms with E-state index in [9.17, 15) is 4.39 Å². The van der Waals surface area contributed by atoms with Crippen molar-refractivity contribution in [3.63, 3.8) is 0 Å². The highest BCUT2D eigenvalue weighted by Crippen LogP contribution is 2.22. The van der Waals surface area contributed by atoms with Gasteiger partial charge in [-0.2, -0.15) is 0 Å². The van der Waals surface area contributed by atoms with E-state index in [0.29, 0.717) is 5.92 Å². The van der Waals surface area contributed by atoms with E-state index in [0.717, 1.165) is 25.1 Å². The maximum absolute atomic E-state index is 12.9. The molecule has 1 N–H and O–H groups in total. The number of likely N-dealkylation sites (N-methyl/N-ethyl adjacent to an activating group) is 1. The summed E-state index contributed by atoms with van der Waals surface area (Å²) in [6, 6.07) is 6.76. The Labute approximate surface area is 103 Å². The van der Waals surface area contributed by atoms with E-state index in [4.69, 9.17) is 4.74 Å². The molecular weight excluding hydrogens is 217 g/mol. The van der Waals surface area contributed by atoms with Crippen molar-refractivity contribution < 1.29 is 9.13 Å². The molecule has 0 aliphatic rings. The number of benzene rings is 1. The Morgan fingerprint density at radius 2 is 1.94 bits per heavy atom. The van der Waals surface area contributed by atoms with Gasteiger partial charge >= 0.3 is 0 Å². The Kier molecular flexibility index (Phi) is 6.16. The predicted octanol–water partition coefficient (Wildman–Crippen LogP) is 2.94. The number of halogens is 1. The van der Waals surface area contributed by atoms with Crippen LogP contribution in [0.25, 0.3) is 0 Å². The minimum Gasteiger partial charge on any atom is -0.382 e. The van der Waals surface area contributed by atoms with Crippen molar-refractivity contribution in [3.8, 4) is 0 Å². The van der Waals surface area contributed by atoms with Crippen molar-refractivity contribution in [2.75, 3.05) is 20.2 Å². The van der Waals surface area contributed by atoms with E-state index >= 15 is 0 Å². The van der Waals surface area contributed by atoms with Gasteiger partial charge in [-0.05, 0) is 43.5 Å². The number of rotatable bonds is 7. The van der Waals surface area contributed by atoms with Crippen molar-refractivity contribution in [2.24, 2.45) is 0 Å². The quantitative estimate of drug-likeness (QED) is 0.790. The molecule has 96 valence electrons. The third kappa shape index (κ3) is 4.84. The SMILES string of the molecule is CCNCC(CC(C)OC)c1ccc(F)cc1. The summed E-state index contributed by atoms with van der Waals surface area (Å²) in [6.07, 6.45) is 1.15. The molecule has 0 saturated carbocycles. The highest BCUT2D eigenvalue weighted by molar-refractivity contribution is 5.21. The van der Waals surface area contributed by atoms with E-state index in [1.54, 1.807) is 7.11 Å². The summed E-state index contributed by atoms with van der Waals surface area (Å²) >= 11 is 0. The molecule has 17 heavy (non-hydrogen) atoms. The molecule has 3 heteroatoms. The molecule has 1 aromatic rings. The fraction of sp³-hybridized carbons (Fsp3) is 0.571. The second kappa shape index (κ2) is 7.41. The van der Waals surface area contributed by atoms with Crippen LogP contribution < -0.4 is 5.32 Å². The average molecular weight is 239 g/mol. The summed E-state index contributed by atoms with van der Waals surface area (Å²) in [7, 11) is 1.72. The van der Waals surface area contributed by atoms with Gasteiger partial charge in [-0.15, -0.1) is 0 Å². The lowest BCUT2D eigenvalue weighted by atomic mass is 9.93. The number of nitrogens with one attached hydrogen (secondary N) is 1. The van der Waals surface area contributed by atoms with Crippen LogP contribution >= 0.6 is 0 Å². The Hall–Kier alpha value is -0.930. The van der Waals surface area contributed by atoms with Crippen LogP contribution in [0.1, 0.15) is 31.7 Å². The Balaban J connectivity index is 2.70. The van der Waals surface area contributed by atoms with Gasteiger partial charge in [0, 0.05) is 13.7 Å². The van der Waals surface area contributed by atoms with Gasteiger partial charge in [0.25, 0.3) is 0 Å². The van der Waals surface area contributed by atoms with Gasteiger partial charge in [0.15, 0.2) is 0 Å². The molecule has 0 saturated heterocycles. The smallest absolute Gasteiger partial charge is 0.123 e. The standard InChI is InChI=1S/C14H22FNO/c1-4-16-10-13(9-11(2)17-3)12-5-7-14(15)8-6-12/h5-8,11,13,16H,4,9-10H2,1-3H3. The Bertz CT molecular complexity index is 313. The zero-order chi connectivity index (χ0) is 12.7. The van der Waals surface area contributed by atoms with Crippen molar-refractivity contribution in [1.82, 2.24) is 5.32 Å². The fourth-order valence-electron chi connectivity index (χ4n) is 1.89. The number of methoxy groups -OCH3 is 1. The summed E-state index contributed by atoms with van der Waals surface area (Å²) < 4.78 is 18.2. The lowest BCUT2D eigenvalue weighted by Gasteiger charge is -2.21. The second-order valence-electron chi connectivity index (χ2n) is 4.34. The van der Waals surface area contributed by atoms with Crippen LogP contribution in [0.5, 0.6) is 0 Å². The molecule has 0 fully saturated rings. The molecular formula is C14H22FNO. The normalized spacial score (nSPS) is 14.6. The molecule has 0 radical (unpaired) electrons. The summed E-state index contributed by atoms with van der Waals surface area (Å²) in [6.45, 7) is 5.98. The number of hydrogen-bond donors (Lipinski definition) is 1. The highest BCUT2D eigenvalue weighted by atomic mass is 19.1. The topological polar surface area (TPSA) is 21.3 Å². The zero-order valence-electron chi connectivity index (χ0n) is 10.9. The molecule has 0 bridgehead atoms. The molecule has 2 nitrogen and oxygen atoms in total. The Morgan fingerprint density at radius 1 is 1.29 bits per heavy atom. The van der Waals surface area contributed by atoms with E-state index in [1.807, 2.05) is 12.1 Å². The lowest BCUT2D eigenvalue weighted by Crippen LogP contribution is -2.24. The molecule has 0 aliphatic carbocycles. The molecule has 0 aromatic heterocycles. The largest absolute Gasteiger partial charge is 0.382 e. The van der Waals surface area contributed by atoms with Crippen LogP contribution in [-0.4, -0.2) is 26.3 Å². The van der Waals surface area contributed by atoms with Gasteiger partial charge in [0.1, 0.15) is 5.82 Å². The molecule has 0 amide bonds. The fourth-order valence-corrected chi connectivity index (χ4v) is 1.89. The zero-order valence-corrected chi connectivity index (χ0v) is 10.9. The maximum Gasteiger partial charge on any atom is 0.123 e. The van der Waals surface area contributed by atoms with Crippen molar-refractivity contribution >= 4 is 0 Å². The van der Waals surface area contributed by atoms with Crippen LogP contribution in [0.3, 0.4) is 0 Å². The lowest BCUT2D eigenvalue weighted by molar-refractivity contribution is 0.104. The third-order valence-corrected chi connectivity index (χ3v) is 3.00. The summed E-state index contributed by atoms with van der Waals surface area (Å²) in [5.74, 6) is 0.182. The van der Waals surface area contributed by atoms with Gasteiger partial charge in [0.05, 0.1) is 6.10 Å². The molecule has 0 aliphatic heterocycles. The maximum atomic E-state index is 12.9. The van der Waals surface area contributed by atoms with Gasteiger partial charge in [-0.3, -0.25) is 0 Å². The van der Waals surface area contributed by atoms with Gasteiger partial charge in [-0.1, -0.05) is 19.1 Å². The van der Waals surface area contributed by atoms with Crippen molar-refractivity contribution in [3.05, 3.63) is 35.6 Å². The number of hydrogen-bond acceptors (Lipinski definition) is 2. The van der Waals surface area contributed by atoms with E-state index in [1.165, 1.54) is 12.1 Å².